The van der Waals surface area contributed by atoms with Gasteiger partial charge >= 0.3 is 0 Å². The van der Waals surface area contributed by atoms with Crippen LogP contribution in [0.25, 0.3) is 0 Å². The highest BCUT2D eigenvalue weighted by molar-refractivity contribution is 5.16. The first-order valence-electron chi connectivity index (χ1n) is 6.43. The first-order chi connectivity index (χ1) is 7.72. The van der Waals surface area contributed by atoms with E-state index in [1.165, 1.54) is 30.5 Å². The van der Waals surface area contributed by atoms with Crippen molar-refractivity contribution in [3.05, 3.63) is 17.5 Å². The highest BCUT2D eigenvalue weighted by Gasteiger charge is 2.29. The van der Waals surface area contributed by atoms with Crippen molar-refractivity contribution in [2.45, 2.75) is 45.6 Å². The number of nitrogens with one attached hydrogen (secondary N) is 1. The average molecular weight is 221 g/mol. The van der Waals surface area contributed by atoms with Crippen LogP contribution >= 0.6 is 0 Å². The van der Waals surface area contributed by atoms with Crippen molar-refractivity contribution in [1.82, 2.24) is 15.1 Å². The summed E-state index contributed by atoms with van der Waals surface area (Å²) < 4.78 is 1.95. The lowest BCUT2D eigenvalue weighted by Crippen LogP contribution is -2.32. The number of nitrogens with zero attached hydrogens (tertiary/aromatic N) is 2. The van der Waals surface area contributed by atoms with Crippen LogP contribution in [0.4, 0.5) is 0 Å². The molecule has 3 nitrogen and oxygen atoms in total. The molecule has 0 saturated heterocycles. The van der Waals surface area contributed by atoms with Gasteiger partial charge in [0.15, 0.2) is 0 Å². The van der Waals surface area contributed by atoms with Crippen LogP contribution in [0, 0.1) is 12.8 Å². The quantitative estimate of drug-likeness (QED) is 0.797. The summed E-state index contributed by atoms with van der Waals surface area (Å²) in [5.41, 5.74) is 2.67. The molecular weight excluding hydrogens is 198 g/mol. The zero-order valence-electron chi connectivity index (χ0n) is 10.7. The Bertz CT molecular complexity index is 339. The van der Waals surface area contributed by atoms with Crippen molar-refractivity contribution < 1.29 is 0 Å². The van der Waals surface area contributed by atoms with Crippen LogP contribution in [0.2, 0.25) is 0 Å². The van der Waals surface area contributed by atoms with Gasteiger partial charge < -0.3 is 5.32 Å². The van der Waals surface area contributed by atoms with Crippen LogP contribution < -0.4 is 5.32 Å². The van der Waals surface area contributed by atoms with Gasteiger partial charge in [-0.2, -0.15) is 5.10 Å². The molecule has 1 unspecified atom stereocenters. The molecule has 90 valence electrons. The predicted octanol–water partition coefficient (Wildman–Crippen LogP) is 2.05. The maximum absolute atomic E-state index is 4.27. The van der Waals surface area contributed by atoms with Crippen LogP contribution in [0.3, 0.4) is 0 Å². The molecule has 1 saturated carbocycles. The topological polar surface area (TPSA) is 29.9 Å². The Labute approximate surface area is 98.2 Å². The Balaban J connectivity index is 1.76. The fourth-order valence-electron chi connectivity index (χ4n) is 2.32. The van der Waals surface area contributed by atoms with E-state index in [-0.39, 0.29) is 0 Å². The van der Waals surface area contributed by atoms with Crippen LogP contribution in [0.1, 0.15) is 37.4 Å². The van der Waals surface area contributed by atoms with Gasteiger partial charge in [-0.1, -0.05) is 6.92 Å². The first kappa shape index (κ1) is 11.6. The summed E-state index contributed by atoms with van der Waals surface area (Å²) in [6, 6.07) is 0.747. The molecule has 16 heavy (non-hydrogen) atoms. The largest absolute Gasteiger partial charge is 0.313 e. The standard InChI is InChI=1S/C13H23N3/c1-4-13(11-5-6-11)14-8-7-12-9-15-16(3)10(12)2/h9,11,13-14H,4-8H2,1-3H3. The molecule has 1 atom stereocenters. The molecule has 0 amide bonds. The number of hydrogen-bond acceptors (Lipinski definition) is 2. The van der Waals surface area contributed by atoms with E-state index in [1.807, 2.05) is 17.9 Å². The first-order valence-corrected chi connectivity index (χ1v) is 6.43. The Kier molecular flexibility index (Phi) is 3.64. The molecule has 1 aliphatic rings. The molecule has 1 heterocycles. The molecule has 0 aromatic carbocycles. The number of aryl methyl sites for hydroxylation is 1. The third-order valence-electron chi connectivity index (χ3n) is 3.77. The zero-order chi connectivity index (χ0) is 11.5. The summed E-state index contributed by atoms with van der Waals surface area (Å²) in [7, 11) is 2.01. The van der Waals surface area contributed by atoms with Gasteiger partial charge in [0.2, 0.25) is 0 Å². The lowest BCUT2D eigenvalue weighted by atomic mass is 10.1. The third-order valence-corrected chi connectivity index (χ3v) is 3.77. The van der Waals surface area contributed by atoms with Gasteiger partial charge in [-0.25, -0.2) is 0 Å². The van der Waals surface area contributed by atoms with Crippen molar-refractivity contribution in [2.24, 2.45) is 13.0 Å². The average Bonchev–Trinajstić information content (AvgIpc) is 3.06. The van der Waals surface area contributed by atoms with Gasteiger partial charge in [-0.05, 0) is 50.6 Å². The maximum Gasteiger partial charge on any atom is 0.0524 e. The van der Waals surface area contributed by atoms with E-state index in [9.17, 15) is 0 Å². The van der Waals surface area contributed by atoms with Gasteiger partial charge in [0.1, 0.15) is 0 Å². The van der Waals surface area contributed by atoms with Gasteiger partial charge in [0.25, 0.3) is 0 Å². The van der Waals surface area contributed by atoms with Crippen molar-refractivity contribution in [1.29, 1.82) is 0 Å². The highest BCUT2D eigenvalue weighted by atomic mass is 15.3. The second kappa shape index (κ2) is 5.00. The molecule has 0 radical (unpaired) electrons. The molecule has 1 aliphatic carbocycles. The summed E-state index contributed by atoms with van der Waals surface area (Å²) in [4.78, 5) is 0. The van der Waals surface area contributed by atoms with E-state index in [0.717, 1.165) is 24.9 Å². The van der Waals surface area contributed by atoms with Crippen molar-refractivity contribution in [3.8, 4) is 0 Å². The summed E-state index contributed by atoms with van der Waals surface area (Å²) in [6.45, 7) is 5.51. The van der Waals surface area contributed by atoms with Crippen LogP contribution in [-0.4, -0.2) is 22.4 Å². The second-order valence-electron chi connectivity index (χ2n) is 4.94. The fourth-order valence-corrected chi connectivity index (χ4v) is 2.32. The Morgan fingerprint density at radius 2 is 2.31 bits per heavy atom. The molecular formula is C13H23N3. The Morgan fingerprint density at radius 1 is 1.56 bits per heavy atom. The maximum atomic E-state index is 4.27. The molecule has 1 fully saturated rings. The van der Waals surface area contributed by atoms with E-state index < -0.39 is 0 Å². The minimum absolute atomic E-state index is 0.747. The minimum Gasteiger partial charge on any atom is -0.313 e. The molecule has 3 heteroatoms. The minimum atomic E-state index is 0.747. The lowest BCUT2D eigenvalue weighted by molar-refractivity contribution is 0.453. The Morgan fingerprint density at radius 3 is 2.81 bits per heavy atom. The fraction of sp³-hybridized carbons (Fsp3) is 0.769. The molecule has 0 spiro atoms. The number of rotatable bonds is 6. The van der Waals surface area contributed by atoms with Crippen molar-refractivity contribution >= 4 is 0 Å². The smallest absolute Gasteiger partial charge is 0.0524 e. The second-order valence-corrected chi connectivity index (χ2v) is 4.94. The molecule has 0 bridgehead atoms. The summed E-state index contributed by atoms with van der Waals surface area (Å²) in [5, 5.41) is 7.95. The SMILES string of the molecule is CCC(NCCc1cnn(C)c1C)C1CC1. The Hall–Kier alpha value is -0.830. The summed E-state index contributed by atoms with van der Waals surface area (Å²) in [5.74, 6) is 0.958. The van der Waals surface area contributed by atoms with Gasteiger partial charge in [-0.15, -0.1) is 0 Å². The van der Waals surface area contributed by atoms with Gasteiger partial charge in [0, 0.05) is 18.8 Å². The van der Waals surface area contributed by atoms with Crippen molar-refractivity contribution in [3.63, 3.8) is 0 Å². The van der Waals surface area contributed by atoms with Crippen LogP contribution in [0.15, 0.2) is 6.20 Å². The van der Waals surface area contributed by atoms with Crippen LogP contribution in [0.5, 0.6) is 0 Å². The zero-order valence-corrected chi connectivity index (χ0v) is 10.7. The van der Waals surface area contributed by atoms with E-state index in [0.29, 0.717) is 0 Å². The predicted molar refractivity (Wildman–Crippen MR) is 66.5 cm³/mol. The molecule has 1 N–H and O–H groups in total. The van der Waals surface area contributed by atoms with Gasteiger partial charge in [-0.3, -0.25) is 4.68 Å². The molecule has 2 rings (SSSR count). The van der Waals surface area contributed by atoms with E-state index in [1.54, 1.807) is 0 Å². The number of hydrogen-bond donors (Lipinski definition) is 1. The molecule has 1 aromatic rings. The van der Waals surface area contributed by atoms with E-state index >= 15 is 0 Å². The monoisotopic (exact) mass is 221 g/mol. The summed E-state index contributed by atoms with van der Waals surface area (Å²) in [6.07, 6.45) is 7.21. The van der Waals surface area contributed by atoms with Crippen molar-refractivity contribution in [2.75, 3.05) is 6.54 Å². The summed E-state index contributed by atoms with van der Waals surface area (Å²) >= 11 is 0. The van der Waals surface area contributed by atoms with E-state index in [2.05, 4.69) is 24.3 Å². The lowest BCUT2D eigenvalue weighted by Gasteiger charge is -2.15. The highest BCUT2D eigenvalue weighted by Crippen LogP contribution is 2.33. The van der Waals surface area contributed by atoms with E-state index in [4.69, 9.17) is 0 Å². The third kappa shape index (κ3) is 2.64. The number of aromatic nitrogens is 2. The van der Waals surface area contributed by atoms with Crippen LogP contribution in [-0.2, 0) is 13.5 Å². The van der Waals surface area contributed by atoms with Gasteiger partial charge in [0.05, 0.1) is 6.20 Å². The normalized spacial score (nSPS) is 17.7. The molecule has 0 aliphatic heterocycles. The molecule has 1 aromatic heterocycles.